The number of thiol groups is 1. The number of nitrogens with one attached hydrogen (secondary N) is 1. The maximum atomic E-state index is 10.1. The van der Waals surface area contributed by atoms with E-state index < -0.39 is 11.2 Å². The fraction of sp³-hybridized carbons (Fsp3) is 0.300. The van der Waals surface area contributed by atoms with Crippen LogP contribution in [0.15, 0.2) is 24.3 Å². The van der Waals surface area contributed by atoms with Gasteiger partial charge in [-0.15, -0.1) is 0 Å². The van der Waals surface area contributed by atoms with E-state index in [1.807, 2.05) is 31.2 Å². The number of carbonyl (C=O) groups is 1. The second kappa shape index (κ2) is 7.56. The second-order valence-corrected chi connectivity index (χ2v) is 4.16. The van der Waals surface area contributed by atoms with Crippen LogP contribution < -0.4 is 5.48 Å². The van der Waals surface area contributed by atoms with Crippen molar-refractivity contribution in [2.45, 2.75) is 19.1 Å². The van der Waals surface area contributed by atoms with Crippen molar-refractivity contribution in [2.75, 3.05) is 0 Å². The summed E-state index contributed by atoms with van der Waals surface area (Å²) in [6.45, 7) is 3.60. The summed E-state index contributed by atoms with van der Waals surface area (Å²) in [6, 6.07) is 7.75. The summed E-state index contributed by atoms with van der Waals surface area (Å²) < 4.78 is 0. The highest BCUT2D eigenvalue weighted by atomic mass is 35.5. The Morgan fingerprint density at radius 3 is 2.13 bits per heavy atom. The monoisotopic (exact) mass is 247 g/mol. The molecule has 0 radical (unpaired) electrons. The lowest BCUT2D eigenvalue weighted by molar-refractivity contribution is -0.128. The Kier molecular flexibility index (Phi) is 7.21. The normalized spacial score (nSPS) is 11.0. The number of benzene rings is 1. The van der Waals surface area contributed by atoms with E-state index in [4.69, 9.17) is 16.8 Å². The van der Waals surface area contributed by atoms with Crippen molar-refractivity contribution < 1.29 is 10.0 Å². The van der Waals surface area contributed by atoms with Gasteiger partial charge in [-0.3, -0.25) is 10.0 Å². The van der Waals surface area contributed by atoms with Crippen molar-refractivity contribution in [3.63, 3.8) is 0 Å². The van der Waals surface area contributed by atoms with E-state index in [1.165, 1.54) is 11.0 Å². The zero-order chi connectivity index (χ0) is 11.8. The minimum absolute atomic E-state index is 0.440. The van der Waals surface area contributed by atoms with Crippen LogP contribution in [0.3, 0.4) is 0 Å². The SMILES string of the molecule is CC(S)C(=O)NO.Cc1ccc(Cl)cc1. The molecule has 0 heterocycles. The average Bonchev–Trinajstić information content (AvgIpc) is 2.22. The maximum Gasteiger partial charge on any atom is 0.255 e. The van der Waals surface area contributed by atoms with E-state index in [0.717, 1.165) is 5.02 Å². The van der Waals surface area contributed by atoms with Crippen LogP contribution in [0.1, 0.15) is 12.5 Å². The zero-order valence-corrected chi connectivity index (χ0v) is 10.2. The molecule has 0 spiro atoms. The van der Waals surface area contributed by atoms with Gasteiger partial charge >= 0.3 is 0 Å². The Balaban J connectivity index is 0.000000265. The van der Waals surface area contributed by atoms with Gasteiger partial charge in [-0.1, -0.05) is 29.3 Å². The standard InChI is InChI=1S/C7H7Cl.C3H7NO2S/c1-6-2-4-7(8)5-3-6;1-2(7)3(5)4-6/h2-5H,1H3;2,6-7H,1H3,(H,4,5). The minimum atomic E-state index is -0.483. The molecule has 2 N–H and O–H groups in total. The lowest BCUT2D eigenvalue weighted by atomic mass is 10.2. The lowest BCUT2D eigenvalue weighted by Gasteiger charge is -1.96. The van der Waals surface area contributed by atoms with E-state index in [-0.39, 0.29) is 0 Å². The van der Waals surface area contributed by atoms with Crippen LogP contribution in [0, 0.1) is 6.92 Å². The number of rotatable bonds is 1. The number of aryl methyl sites for hydroxylation is 1. The Labute approximate surface area is 99.8 Å². The summed E-state index contributed by atoms with van der Waals surface area (Å²) in [5.74, 6) is -0.483. The number of hydrogen-bond acceptors (Lipinski definition) is 3. The maximum absolute atomic E-state index is 10.1. The first-order valence-corrected chi connectivity index (χ1v) is 5.21. The van der Waals surface area contributed by atoms with Crippen molar-refractivity contribution in [1.82, 2.24) is 5.48 Å². The molecule has 1 rings (SSSR count). The van der Waals surface area contributed by atoms with Crippen molar-refractivity contribution in [1.29, 1.82) is 0 Å². The lowest BCUT2D eigenvalue weighted by Crippen LogP contribution is -2.25. The molecule has 0 aromatic heterocycles. The Morgan fingerprint density at radius 1 is 1.47 bits per heavy atom. The van der Waals surface area contributed by atoms with Gasteiger partial charge in [0.1, 0.15) is 0 Å². The van der Waals surface area contributed by atoms with Gasteiger partial charge in [-0.25, -0.2) is 5.48 Å². The summed E-state index contributed by atoms with van der Waals surface area (Å²) in [7, 11) is 0. The molecular weight excluding hydrogens is 234 g/mol. The third kappa shape index (κ3) is 7.25. The quantitative estimate of drug-likeness (QED) is 0.406. The predicted molar refractivity (Wildman–Crippen MR) is 64.6 cm³/mol. The molecule has 1 atom stereocenters. The molecule has 0 bridgehead atoms. The van der Waals surface area contributed by atoms with Gasteiger partial charge in [-0.05, 0) is 26.0 Å². The predicted octanol–water partition coefficient (Wildman–Crippen LogP) is 2.46. The Bertz CT molecular complexity index is 280. The number of hydroxylamine groups is 1. The molecule has 0 saturated heterocycles. The van der Waals surface area contributed by atoms with Crippen LogP contribution in [-0.2, 0) is 4.79 Å². The second-order valence-electron chi connectivity index (χ2n) is 2.95. The number of amides is 1. The molecule has 0 aliphatic carbocycles. The molecule has 0 aliphatic rings. The summed E-state index contributed by atoms with van der Waals surface area (Å²) >= 11 is 9.31. The largest absolute Gasteiger partial charge is 0.289 e. The van der Waals surface area contributed by atoms with Gasteiger partial charge in [0.05, 0.1) is 5.25 Å². The highest BCUT2D eigenvalue weighted by Crippen LogP contribution is 2.07. The van der Waals surface area contributed by atoms with E-state index >= 15 is 0 Å². The van der Waals surface area contributed by atoms with E-state index in [0.29, 0.717) is 0 Å². The molecule has 0 saturated carbocycles. The van der Waals surface area contributed by atoms with Crippen LogP contribution in [-0.4, -0.2) is 16.4 Å². The van der Waals surface area contributed by atoms with Gasteiger partial charge in [0.25, 0.3) is 5.91 Å². The summed E-state index contributed by atoms with van der Waals surface area (Å²) in [5.41, 5.74) is 2.69. The number of carbonyl (C=O) groups excluding carboxylic acids is 1. The smallest absolute Gasteiger partial charge is 0.255 e. The summed E-state index contributed by atoms with van der Waals surface area (Å²) in [6.07, 6.45) is 0. The van der Waals surface area contributed by atoms with Crippen molar-refractivity contribution >= 4 is 30.1 Å². The summed E-state index contributed by atoms with van der Waals surface area (Å²) in [5, 5.41) is 8.22. The molecule has 0 aliphatic heterocycles. The third-order valence-electron chi connectivity index (χ3n) is 1.50. The molecule has 15 heavy (non-hydrogen) atoms. The van der Waals surface area contributed by atoms with E-state index in [2.05, 4.69) is 12.6 Å². The van der Waals surface area contributed by atoms with E-state index in [9.17, 15) is 4.79 Å². The van der Waals surface area contributed by atoms with Crippen LogP contribution in [0.25, 0.3) is 0 Å². The number of halogens is 1. The molecule has 84 valence electrons. The average molecular weight is 248 g/mol. The first-order valence-electron chi connectivity index (χ1n) is 4.31. The minimum Gasteiger partial charge on any atom is -0.289 e. The molecule has 3 nitrogen and oxygen atoms in total. The first-order chi connectivity index (χ1) is 6.97. The molecule has 1 aromatic carbocycles. The number of hydrogen-bond donors (Lipinski definition) is 3. The van der Waals surface area contributed by atoms with Crippen LogP contribution in [0.5, 0.6) is 0 Å². The van der Waals surface area contributed by atoms with Crippen LogP contribution in [0.4, 0.5) is 0 Å². The molecule has 0 fully saturated rings. The van der Waals surface area contributed by atoms with Gasteiger partial charge in [0.15, 0.2) is 0 Å². The van der Waals surface area contributed by atoms with Crippen molar-refractivity contribution in [2.24, 2.45) is 0 Å². The fourth-order valence-electron chi connectivity index (χ4n) is 0.627. The third-order valence-corrected chi connectivity index (χ3v) is 1.99. The highest BCUT2D eigenvalue weighted by Gasteiger charge is 2.02. The van der Waals surface area contributed by atoms with Gasteiger partial charge in [-0.2, -0.15) is 12.6 Å². The van der Waals surface area contributed by atoms with Gasteiger partial charge < -0.3 is 0 Å². The van der Waals surface area contributed by atoms with Gasteiger partial charge in [0.2, 0.25) is 0 Å². The Hall–Kier alpha value is -0.710. The molecule has 1 unspecified atom stereocenters. The Morgan fingerprint density at radius 2 is 1.93 bits per heavy atom. The van der Waals surface area contributed by atoms with Crippen LogP contribution in [0.2, 0.25) is 5.02 Å². The highest BCUT2D eigenvalue weighted by molar-refractivity contribution is 7.81. The zero-order valence-electron chi connectivity index (χ0n) is 8.57. The summed E-state index contributed by atoms with van der Waals surface area (Å²) in [4.78, 5) is 10.1. The molecular formula is C10H14ClNO2S. The molecule has 5 heteroatoms. The topological polar surface area (TPSA) is 49.3 Å². The van der Waals surface area contributed by atoms with Gasteiger partial charge in [0, 0.05) is 5.02 Å². The van der Waals surface area contributed by atoms with Crippen molar-refractivity contribution in [3.8, 4) is 0 Å². The molecule has 1 aromatic rings. The first kappa shape index (κ1) is 14.3. The molecule has 1 amide bonds. The van der Waals surface area contributed by atoms with Crippen LogP contribution >= 0.6 is 24.2 Å². The fourth-order valence-corrected chi connectivity index (χ4v) is 0.810. The van der Waals surface area contributed by atoms with E-state index in [1.54, 1.807) is 6.92 Å². The van der Waals surface area contributed by atoms with Crippen molar-refractivity contribution in [3.05, 3.63) is 34.9 Å².